The zero-order chi connectivity index (χ0) is 12.1. The molecule has 4 nitrogen and oxygen atoms in total. The van der Waals surface area contributed by atoms with Gasteiger partial charge in [0.15, 0.2) is 0 Å². The molecule has 0 bridgehead atoms. The van der Waals surface area contributed by atoms with E-state index >= 15 is 0 Å². The van der Waals surface area contributed by atoms with Crippen LogP contribution in [0, 0.1) is 5.82 Å². The number of esters is 1. The number of carbonyl (C=O) groups is 2. The van der Waals surface area contributed by atoms with Gasteiger partial charge in [-0.05, 0) is 18.2 Å². The van der Waals surface area contributed by atoms with Crippen molar-refractivity contribution in [3.8, 4) is 0 Å². The summed E-state index contributed by atoms with van der Waals surface area (Å²) in [6, 6.07) is 3.01. The first-order valence-electron chi connectivity index (χ1n) is 4.65. The second kappa shape index (κ2) is 5.37. The van der Waals surface area contributed by atoms with Crippen LogP contribution >= 0.6 is 0 Å². The molecule has 0 unspecified atom stereocenters. The van der Waals surface area contributed by atoms with E-state index in [-0.39, 0.29) is 12.0 Å². The van der Waals surface area contributed by atoms with Crippen LogP contribution in [0.5, 0.6) is 0 Å². The first kappa shape index (κ1) is 12.3. The first-order chi connectivity index (χ1) is 7.58. The van der Waals surface area contributed by atoms with Crippen LogP contribution in [0.2, 0.25) is 0 Å². The Balaban J connectivity index is 2.93. The van der Waals surface area contributed by atoms with E-state index in [1.807, 2.05) is 0 Å². The molecule has 0 aliphatic heterocycles. The second-order valence-electron chi connectivity index (χ2n) is 3.29. The summed E-state index contributed by atoms with van der Waals surface area (Å²) in [6.07, 6.45) is 0.462. The Morgan fingerprint density at radius 1 is 1.62 bits per heavy atom. The number of halogens is 1. The van der Waals surface area contributed by atoms with Crippen LogP contribution in [0.3, 0.4) is 0 Å². The third-order valence-corrected chi connectivity index (χ3v) is 2.17. The molecule has 1 aromatic carbocycles. The highest BCUT2D eigenvalue weighted by molar-refractivity contribution is 5.75. The Bertz CT molecular complexity index is 406. The highest BCUT2D eigenvalue weighted by Gasteiger charge is 2.16. The number of nitrogens with two attached hydrogens (primary N) is 1. The van der Waals surface area contributed by atoms with Crippen LogP contribution < -0.4 is 5.73 Å². The molecule has 0 saturated heterocycles. The number of aldehydes is 1. The molecule has 5 heteroatoms. The number of benzene rings is 1. The fourth-order valence-corrected chi connectivity index (χ4v) is 1.29. The summed E-state index contributed by atoms with van der Waals surface area (Å²) < 4.78 is 17.8. The van der Waals surface area contributed by atoms with Gasteiger partial charge in [-0.2, -0.15) is 0 Å². The molecule has 0 fully saturated rings. The van der Waals surface area contributed by atoms with Gasteiger partial charge in [0.25, 0.3) is 0 Å². The van der Waals surface area contributed by atoms with Gasteiger partial charge in [-0.1, -0.05) is 0 Å². The second-order valence-corrected chi connectivity index (χ2v) is 3.29. The smallest absolute Gasteiger partial charge is 0.307 e. The number of ether oxygens (including phenoxy) is 1. The van der Waals surface area contributed by atoms with Crippen molar-refractivity contribution in [1.29, 1.82) is 0 Å². The molecule has 0 aliphatic carbocycles. The average molecular weight is 225 g/mol. The Hall–Kier alpha value is -1.75. The van der Waals surface area contributed by atoms with E-state index in [9.17, 15) is 14.0 Å². The molecule has 0 aromatic heterocycles. The lowest BCUT2D eigenvalue weighted by atomic mass is 10.0. The normalized spacial score (nSPS) is 11.9. The number of hydrogen-bond donors (Lipinski definition) is 1. The van der Waals surface area contributed by atoms with Gasteiger partial charge >= 0.3 is 5.97 Å². The summed E-state index contributed by atoms with van der Waals surface area (Å²) in [5, 5.41) is 0. The topological polar surface area (TPSA) is 69.4 Å². The third kappa shape index (κ3) is 2.87. The summed E-state index contributed by atoms with van der Waals surface area (Å²) in [4.78, 5) is 21.5. The summed E-state index contributed by atoms with van der Waals surface area (Å²) in [6.45, 7) is 0. The fourth-order valence-electron chi connectivity index (χ4n) is 1.29. The maximum Gasteiger partial charge on any atom is 0.307 e. The van der Waals surface area contributed by atoms with Gasteiger partial charge in [0.1, 0.15) is 12.1 Å². The molecule has 86 valence electrons. The molecule has 0 heterocycles. The van der Waals surface area contributed by atoms with Crippen molar-refractivity contribution in [2.24, 2.45) is 5.73 Å². The van der Waals surface area contributed by atoms with Gasteiger partial charge in [-0.25, -0.2) is 4.39 Å². The lowest BCUT2D eigenvalue weighted by Crippen LogP contribution is -2.17. The Morgan fingerprint density at radius 2 is 2.31 bits per heavy atom. The summed E-state index contributed by atoms with van der Waals surface area (Å²) in [5.41, 5.74) is 6.09. The van der Waals surface area contributed by atoms with E-state index in [0.29, 0.717) is 11.8 Å². The van der Waals surface area contributed by atoms with Crippen molar-refractivity contribution in [2.45, 2.75) is 12.5 Å². The predicted octanol–water partition coefficient (Wildman–Crippen LogP) is 1.20. The minimum Gasteiger partial charge on any atom is -0.469 e. The van der Waals surface area contributed by atoms with Gasteiger partial charge < -0.3 is 10.5 Å². The summed E-state index contributed by atoms with van der Waals surface area (Å²) in [7, 11) is 1.23. The molecule has 1 atom stereocenters. The Morgan fingerprint density at radius 3 is 2.88 bits per heavy atom. The monoisotopic (exact) mass is 225 g/mol. The number of carbonyl (C=O) groups excluding carboxylic acids is 2. The number of rotatable bonds is 4. The van der Waals surface area contributed by atoms with E-state index in [0.717, 1.165) is 6.07 Å². The largest absolute Gasteiger partial charge is 0.469 e. The molecule has 0 amide bonds. The van der Waals surface area contributed by atoms with E-state index in [2.05, 4.69) is 4.74 Å². The van der Waals surface area contributed by atoms with Crippen molar-refractivity contribution >= 4 is 12.3 Å². The SMILES string of the molecule is COC(=O)C[C@H](N)c1cc(C=O)ccc1F. The average Bonchev–Trinajstić information content (AvgIpc) is 2.29. The minimum atomic E-state index is -0.813. The van der Waals surface area contributed by atoms with Crippen LogP contribution in [0.1, 0.15) is 28.4 Å². The van der Waals surface area contributed by atoms with E-state index in [1.165, 1.54) is 19.2 Å². The zero-order valence-electron chi connectivity index (χ0n) is 8.77. The van der Waals surface area contributed by atoms with Gasteiger partial charge in [-0.3, -0.25) is 9.59 Å². The molecule has 16 heavy (non-hydrogen) atoms. The van der Waals surface area contributed by atoms with Crippen LogP contribution in [-0.4, -0.2) is 19.4 Å². The van der Waals surface area contributed by atoms with Crippen LogP contribution in [-0.2, 0) is 9.53 Å². The van der Waals surface area contributed by atoms with Gasteiger partial charge in [0.2, 0.25) is 0 Å². The van der Waals surface area contributed by atoms with Gasteiger partial charge in [-0.15, -0.1) is 0 Å². The molecule has 0 spiro atoms. The van der Waals surface area contributed by atoms with Crippen molar-refractivity contribution in [3.05, 3.63) is 35.1 Å². The van der Waals surface area contributed by atoms with Gasteiger partial charge in [0, 0.05) is 17.2 Å². The molecular weight excluding hydrogens is 213 g/mol. The molecule has 0 radical (unpaired) electrons. The van der Waals surface area contributed by atoms with Crippen LogP contribution in [0.15, 0.2) is 18.2 Å². The van der Waals surface area contributed by atoms with E-state index in [1.54, 1.807) is 0 Å². The fraction of sp³-hybridized carbons (Fsp3) is 0.273. The number of hydrogen-bond acceptors (Lipinski definition) is 4. The zero-order valence-corrected chi connectivity index (χ0v) is 8.77. The third-order valence-electron chi connectivity index (χ3n) is 2.17. The molecular formula is C11H12FNO3. The van der Waals surface area contributed by atoms with Crippen molar-refractivity contribution in [1.82, 2.24) is 0 Å². The summed E-state index contributed by atoms with van der Waals surface area (Å²) >= 11 is 0. The quantitative estimate of drug-likeness (QED) is 0.617. The van der Waals surface area contributed by atoms with Gasteiger partial charge in [0.05, 0.1) is 13.5 Å². The van der Waals surface area contributed by atoms with E-state index < -0.39 is 17.8 Å². The molecule has 1 aromatic rings. The standard InChI is InChI=1S/C11H12FNO3/c1-16-11(15)5-10(13)8-4-7(6-14)2-3-9(8)12/h2-4,6,10H,5,13H2,1H3/t10-/m0/s1. The van der Waals surface area contributed by atoms with Crippen LogP contribution in [0.25, 0.3) is 0 Å². The molecule has 0 aliphatic rings. The highest BCUT2D eigenvalue weighted by atomic mass is 19.1. The molecule has 1 rings (SSSR count). The number of methoxy groups -OCH3 is 1. The van der Waals surface area contributed by atoms with Crippen molar-refractivity contribution < 1.29 is 18.7 Å². The maximum absolute atomic E-state index is 13.4. The lowest BCUT2D eigenvalue weighted by molar-refractivity contribution is -0.141. The van der Waals surface area contributed by atoms with Crippen LogP contribution in [0.4, 0.5) is 4.39 Å². The Kier molecular flexibility index (Phi) is 4.13. The maximum atomic E-state index is 13.4. The predicted molar refractivity (Wildman–Crippen MR) is 55.3 cm³/mol. The van der Waals surface area contributed by atoms with Crippen molar-refractivity contribution in [2.75, 3.05) is 7.11 Å². The minimum absolute atomic E-state index is 0.129. The summed E-state index contributed by atoms with van der Waals surface area (Å²) in [5.74, 6) is -1.06. The Labute approximate surface area is 92.2 Å². The highest BCUT2D eigenvalue weighted by Crippen LogP contribution is 2.19. The lowest BCUT2D eigenvalue weighted by Gasteiger charge is -2.11. The van der Waals surface area contributed by atoms with Crippen molar-refractivity contribution in [3.63, 3.8) is 0 Å². The first-order valence-corrected chi connectivity index (χ1v) is 4.65. The van der Waals surface area contributed by atoms with E-state index in [4.69, 9.17) is 5.73 Å². The molecule has 2 N–H and O–H groups in total. The molecule has 0 saturated carbocycles.